The number of rotatable bonds is 7. The van der Waals surface area contributed by atoms with Gasteiger partial charge >= 0.3 is 5.69 Å². The fourth-order valence-electron chi connectivity index (χ4n) is 5.12. The van der Waals surface area contributed by atoms with Gasteiger partial charge in [0.05, 0.1) is 40.6 Å². The van der Waals surface area contributed by atoms with Crippen LogP contribution in [0.5, 0.6) is 5.75 Å². The summed E-state index contributed by atoms with van der Waals surface area (Å²) in [5, 5.41) is 2.92. The minimum atomic E-state index is -2.90. The van der Waals surface area contributed by atoms with E-state index < -0.39 is 29.5 Å². The number of nitrogens with one attached hydrogen (secondary N) is 1. The van der Waals surface area contributed by atoms with Gasteiger partial charge in [-0.1, -0.05) is 11.6 Å². The first kappa shape index (κ1) is 26.7. The minimum absolute atomic E-state index is 0.0705. The molecule has 0 bridgehead atoms. The molecule has 8 nitrogen and oxygen atoms in total. The predicted octanol–water partition coefficient (Wildman–Crippen LogP) is 5.31. The molecule has 39 heavy (non-hydrogen) atoms. The topological polar surface area (TPSA) is 91.0 Å². The van der Waals surface area contributed by atoms with Gasteiger partial charge in [0.2, 0.25) is 0 Å². The van der Waals surface area contributed by atoms with E-state index in [4.69, 9.17) is 16.3 Å². The molecule has 1 aromatic carbocycles. The number of hydrogen-bond acceptors (Lipinski definition) is 5. The third-order valence-electron chi connectivity index (χ3n) is 7.09. The highest BCUT2D eigenvalue weighted by atomic mass is 35.5. The summed E-state index contributed by atoms with van der Waals surface area (Å²) in [6.45, 7) is 0.395. The Morgan fingerprint density at radius 1 is 1.15 bits per heavy atom. The van der Waals surface area contributed by atoms with Crippen molar-refractivity contribution in [2.45, 2.75) is 44.7 Å². The van der Waals surface area contributed by atoms with E-state index in [-0.39, 0.29) is 28.2 Å². The molecule has 1 aliphatic carbocycles. The van der Waals surface area contributed by atoms with Crippen molar-refractivity contribution in [2.24, 2.45) is 5.92 Å². The van der Waals surface area contributed by atoms with Crippen LogP contribution in [0, 0.1) is 11.7 Å². The molecule has 1 saturated carbocycles. The largest absolute Gasteiger partial charge is 0.497 e. The van der Waals surface area contributed by atoms with E-state index in [1.54, 1.807) is 16.8 Å². The number of nitrogens with zero attached hydrogens (tertiary/aromatic N) is 4. The van der Waals surface area contributed by atoms with Gasteiger partial charge in [0.1, 0.15) is 17.3 Å². The molecule has 1 aliphatic rings. The third-order valence-corrected chi connectivity index (χ3v) is 7.29. The number of halogens is 4. The Bertz CT molecular complexity index is 1580. The van der Waals surface area contributed by atoms with Gasteiger partial charge in [0.15, 0.2) is 0 Å². The molecular weight excluding hydrogens is 535 g/mol. The number of methoxy groups -OCH3 is 1. The molecule has 1 N–H and O–H groups in total. The Balaban J connectivity index is 1.33. The monoisotopic (exact) mass is 559 g/mol. The number of carbonyl (C=O) groups is 1. The van der Waals surface area contributed by atoms with E-state index in [1.807, 2.05) is 0 Å². The molecule has 5 rings (SSSR count). The van der Waals surface area contributed by atoms with Crippen molar-refractivity contribution in [3.05, 3.63) is 81.5 Å². The molecule has 0 radical (unpaired) electrons. The van der Waals surface area contributed by atoms with Gasteiger partial charge < -0.3 is 10.1 Å². The standard InChI is InChI=1S/C27H25ClF3N5O3/c1-39-18-6-7-20(29)22(11-18)36-23-13-32-9-8-21(23)35(27(36)38)14-15-2-4-17(5-3-15)34-26(37)19-10-16(28)12-33-24(19)25(30)31/h6-13,15,17,25H,2-5,14H2,1H3,(H,34,37). The van der Waals surface area contributed by atoms with E-state index in [1.165, 1.54) is 42.1 Å². The van der Waals surface area contributed by atoms with E-state index in [0.717, 1.165) is 6.20 Å². The molecule has 204 valence electrons. The van der Waals surface area contributed by atoms with Crippen LogP contribution in [0.1, 0.15) is 48.2 Å². The van der Waals surface area contributed by atoms with Gasteiger partial charge in [0.25, 0.3) is 12.3 Å². The Morgan fingerprint density at radius 2 is 1.92 bits per heavy atom. The summed E-state index contributed by atoms with van der Waals surface area (Å²) in [7, 11) is 1.47. The van der Waals surface area contributed by atoms with Crippen LogP contribution >= 0.6 is 11.6 Å². The van der Waals surface area contributed by atoms with Crippen LogP contribution in [-0.2, 0) is 6.54 Å². The van der Waals surface area contributed by atoms with Gasteiger partial charge in [0, 0.05) is 31.0 Å². The Hall–Kier alpha value is -3.86. The molecule has 0 atom stereocenters. The van der Waals surface area contributed by atoms with Crippen LogP contribution in [0.4, 0.5) is 13.2 Å². The van der Waals surface area contributed by atoms with Gasteiger partial charge in [-0.3, -0.25) is 23.9 Å². The Kier molecular flexibility index (Phi) is 7.60. The lowest BCUT2D eigenvalue weighted by atomic mass is 9.85. The zero-order chi connectivity index (χ0) is 27.7. The Labute approximate surface area is 226 Å². The van der Waals surface area contributed by atoms with Crippen molar-refractivity contribution in [3.63, 3.8) is 0 Å². The molecule has 0 saturated heterocycles. The maximum absolute atomic E-state index is 14.8. The highest BCUT2D eigenvalue weighted by Gasteiger charge is 2.27. The molecule has 1 amide bonds. The summed E-state index contributed by atoms with van der Waals surface area (Å²) in [6, 6.07) is 6.90. The highest BCUT2D eigenvalue weighted by molar-refractivity contribution is 6.30. The smallest absolute Gasteiger partial charge is 0.333 e. The van der Waals surface area contributed by atoms with Gasteiger partial charge in [-0.25, -0.2) is 18.0 Å². The molecular formula is C27H25ClF3N5O3. The summed E-state index contributed by atoms with van der Waals surface area (Å²) < 4.78 is 49.6. The normalized spacial score (nSPS) is 17.5. The van der Waals surface area contributed by atoms with Crippen molar-refractivity contribution in [2.75, 3.05) is 7.11 Å². The molecule has 0 spiro atoms. The summed E-state index contributed by atoms with van der Waals surface area (Å²) in [5.41, 5.74) is -0.0726. The number of pyridine rings is 2. The fourth-order valence-corrected chi connectivity index (χ4v) is 5.28. The number of benzene rings is 1. The van der Waals surface area contributed by atoms with Crippen molar-refractivity contribution >= 4 is 28.5 Å². The summed E-state index contributed by atoms with van der Waals surface area (Å²) in [6.07, 6.45) is 3.88. The zero-order valence-corrected chi connectivity index (χ0v) is 21.7. The average Bonchev–Trinajstić information content (AvgIpc) is 3.20. The van der Waals surface area contributed by atoms with Crippen LogP contribution in [0.3, 0.4) is 0 Å². The number of fused-ring (bicyclic) bond motifs is 1. The molecule has 0 unspecified atom stereocenters. The first-order chi connectivity index (χ1) is 18.8. The molecule has 1 fully saturated rings. The predicted molar refractivity (Wildman–Crippen MR) is 139 cm³/mol. The summed E-state index contributed by atoms with van der Waals surface area (Å²) in [5.74, 6) is -0.682. The van der Waals surface area contributed by atoms with Crippen LogP contribution in [0.2, 0.25) is 5.02 Å². The summed E-state index contributed by atoms with van der Waals surface area (Å²) >= 11 is 5.88. The zero-order valence-electron chi connectivity index (χ0n) is 20.9. The van der Waals surface area contributed by atoms with Crippen LogP contribution < -0.4 is 15.7 Å². The van der Waals surface area contributed by atoms with Crippen LogP contribution in [0.25, 0.3) is 16.7 Å². The van der Waals surface area contributed by atoms with E-state index >= 15 is 0 Å². The van der Waals surface area contributed by atoms with Crippen molar-refractivity contribution in [1.82, 2.24) is 24.4 Å². The quantitative estimate of drug-likeness (QED) is 0.331. The lowest BCUT2D eigenvalue weighted by molar-refractivity contribution is 0.0904. The maximum Gasteiger partial charge on any atom is 0.333 e. The molecule has 12 heteroatoms. The number of aromatic nitrogens is 4. The molecule has 3 heterocycles. The van der Waals surface area contributed by atoms with Crippen molar-refractivity contribution in [3.8, 4) is 11.4 Å². The second-order valence-corrected chi connectivity index (χ2v) is 9.92. The van der Waals surface area contributed by atoms with E-state index in [9.17, 15) is 22.8 Å². The second kappa shape index (κ2) is 11.1. The number of hydrogen-bond donors (Lipinski definition) is 1. The maximum atomic E-state index is 14.8. The van der Waals surface area contributed by atoms with Gasteiger partial charge in [-0.05, 0) is 55.9 Å². The van der Waals surface area contributed by atoms with E-state index in [0.29, 0.717) is 49.0 Å². The molecule has 0 aliphatic heterocycles. The summed E-state index contributed by atoms with van der Waals surface area (Å²) in [4.78, 5) is 34.0. The minimum Gasteiger partial charge on any atom is -0.497 e. The number of ether oxygens (including phenoxy) is 1. The van der Waals surface area contributed by atoms with Crippen LogP contribution in [-0.4, -0.2) is 38.2 Å². The fraction of sp³-hybridized carbons (Fsp3) is 0.333. The second-order valence-electron chi connectivity index (χ2n) is 9.49. The molecule has 4 aromatic rings. The lowest BCUT2D eigenvalue weighted by Gasteiger charge is -2.29. The van der Waals surface area contributed by atoms with Crippen LogP contribution in [0.15, 0.2) is 53.7 Å². The van der Waals surface area contributed by atoms with Crippen molar-refractivity contribution in [1.29, 1.82) is 0 Å². The number of amides is 1. The first-order valence-electron chi connectivity index (χ1n) is 12.4. The van der Waals surface area contributed by atoms with E-state index in [2.05, 4.69) is 15.3 Å². The molecule has 3 aromatic heterocycles. The Morgan fingerprint density at radius 3 is 2.64 bits per heavy atom. The highest BCUT2D eigenvalue weighted by Crippen LogP contribution is 2.29. The number of carbonyl (C=O) groups excluding carboxylic acids is 1. The van der Waals surface area contributed by atoms with Crippen molar-refractivity contribution < 1.29 is 22.7 Å². The third kappa shape index (κ3) is 5.36. The number of alkyl halides is 2. The lowest BCUT2D eigenvalue weighted by Crippen LogP contribution is -2.39. The SMILES string of the molecule is COc1ccc(F)c(-n2c(=O)n(CC3CCC(NC(=O)c4cc(Cl)cnc4C(F)F)CC3)c3ccncc32)c1. The number of imidazole rings is 1. The van der Waals surface area contributed by atoms with Gasteiger partial charge in [-0.2, -0.15) is 0 Å². The average molecular weight is 560 g/mol. The first-order valence-corrected chi connectivity index (χ1v) is 12.8. The van der Waals surface area contributed by atoms with Gasteiger partial charge in [-0.15, -0.1) is 0 Å².